The van der Waals surface area contributed by atoms with Gasteiger partial charge in [-0.15, -0.1) is 0 Å². The smallest absolute Gasteiger partial charge is 0.325 e. The minimum atomic E-state index is -1.67. The normalized spacial score (nSPS) is 12.8. The zero-order chi connectivity index (χ0) is 11.7. The van der Waals surface area contributed by atoms with Crippen LogP contribution in [0.1, 0.15) is 0 Å². The average Bonchev–Trinajstić information content (AvgIpc) is 2.28. The van der Waals surface area contributed by atoms with E-state index >= 15 is 0 Å². The van der Waals surface area contributed by atoms with E-state index in [0.717, 1.165) is 6.04 Å². The first kappa shape index (κ1) is 15.5. The molecule has 0 amide bonds. The van der Waals surface area contributed by atoms with E-state index in [9.17, 15) is 0 Å². The molecule has 0 aliphatic carbocycles. The van der Waals surface area contributed by atoms with Crippen LogP contribution < -0.4 is 0 Å². The first-order valence-electron chi connectivity index (χ1n) is 4.85. The molecule has 15 heavy (non-hydrogen) atoms. The highest BCUT2D eigenvalue weighted by Gasteiger charge is 2.35. The Hall–Kier alpha value is 0.451. The van der Waals surface area contributed by atoms with Gasteiger partial charge in [0.15, 0.2) is 9.76 Å². The summed E-state index contributed by atoms with van der Waals surface area (Å²) in [6.07, 6.45) is 0. The van der Waals surface area contributed by atoms with Crippen molar-refractivity contribution in [3.63, 3.8) is 0 Å². The summed E-state index contributed by atoms with van der Waals surface area (Å²) in [6.45, 7) is 0. The summed E-state index contributed by atoms with van der Waals surface area (Å²) < 4.78 is 26.8. The van der Waals surface area contributed by atoms with Gasteiger partial charge in [0.2, 0.25) is 0 Å². The molecule has 0 spiro atoms. The Morgan fingerprint density at radius 2 is 1.27 bits per heavy atom. The van der Waals surface area contributed by atoms with Crippen LogP contribution in [0.3, 0.4) is 0 Å². The molecule has 0 aliphatic heterocycles. The Labute approximate surface area is 97.6 Å². The molecule has 0 aromatic rings. The molecule has 92 valence electrons. The highest BCUT2D eigenvalue weighted by molar-refractivity contribution is 6.69. The quantitative estimate of drug-likeness (QED) is 0.507. The Bertz CT molecular complexity index is 131. The number of hydrogen-bond acceptors (Lipinski definition) is 5. The van der Waals surface area contributed by atoms with Gasteiger partial charge in [-0.05, 0) is 6.04 Å². The minimum absolute atomic E-state index is 0.321. The fourth-order valence-electron chi connectivity index (χ4n) is 1.55. The van der Waals surface area contributed by atoms with Crippen LogP contribution >= 0.6 is 0 Å². The SMILES string of the molecule is CO[SiH2]CC([SiH](OC)OC)[SiH](OC)OC. The van der Waals surface area contributed by atoms with E-state index in [1.807, 2.05) is 0 Å². The molecule has 0 bridgehead atoms. The van der Waals surface area contributed by atoms with E-state index in [1.54, 1.807) is 35.5 Å². The molecule has 0 radical (unpaired) electrons. The van der Waals surface area contributed by atoms with Crippen LogP contribution in [0.4, 0.5) is 0 Å². The predicted molar refractivity (Wildman–Crippen MR) is 66.4 cm³/mol. The maximum absolute atomic E-state index is 5.40. The van der Waals surface area contributed by atoms with Crippen molar-refractivity contribution in [3.8, 4) is 0 Å². The summed E-state index contributed by atoms with van der Waals surface area (Å²) in [5, 5.41) is 0.321. The van der Waals surface area contributed by atoms with Crippen molar-refractivity contribution in [1.29, 1.82) is 0 Å². The summed E-state index contributed by atoms with van der Waals surface area (Å²) >= 11 is 0. The molecule has 0 atom stereocenters. The van der Waals surface area contributed by atoms with Crippen molar-refractivity contribution in [2.24, 2.45) is 0 Å². The van der Waals surface area contributed by atoms with Crippen molar-refractivity contribution in [3.05, 3.63) is 0 Å². The topological polar surface area (TPSA) is 46.2 Å². The molecule has 0 fully saturated rings. The predicted octanol–water partition coefficient (Wildman–Crippen LogP) is -0.929. The van der Waals surface area contributed by atoms with Gasteiger partial charge in [0.25, 0.3) is 0 Å². The third-order valence-electron chi connectivity index (χ3n) is 2.28. The molecule has 0 heterocycles. The molecular formula is C7H22O5Si3. The Balaban J connectivity index is 4.38. The van der Waals surface area contributed by atoms with Gasteiger partial charge >= 0.3 is 18.6 Å². The van der Waals surface area contributed by atoms with Crippen molar-refractivity contribution in [2.45, 2.75) is 11.2 Å². The maximum Gasteiger partial charge on any atom is 0.325 e. The van der Waals surface area contributed by atoms with Crippen LogP contribution in [-0.4, -0.2) is 63.9 Å². The summed E-state index contributed by atoms with van der Waals surface area (Å²) in [5.41, 5.74) is 0. The van der Waals surface area contributed by atoms with Crippen molar-refractivity contribution < 1.29 is 22.1 Å². The van der Waals surface area contributed by atoms with Crippen LogP contribution in [0.5, 0.6) is 0 Å². The Kier molecular flexibility index (Phi) is 9.95. The van der Waals surface area contributed by atoms with E-state index < -0.39 is 28.3 Å². The molecule has 0 rings (SSSR count). The monoisotopic (exact) mass is 270 g/mol. The van der Waals surface area contributed by atoms with Gasteiger partial charge in [-0.1, -0.05) is 0 Å². The Morgan fingerprint density at radius 1 is 0.867 bits per heavy atom. The first-order chi connectivity index (χ1) is 7.24. The van der Waals surface area contributed by atoms with E-state index in [1.165, 1.54) is 0 Å². The molecule has 0 saturated carbocycles. The second-order valence-corrected chi connectivity index (χ2v) is 10.5. The lowest BCUT2D eigenvalue weighted by atomic mass is 10.9. The third-order valence-corrected chi connectivity index (χ3v) is 10.7. The van der Waals surface area contributed by atoms with Gasteiger partial charge in [0, 0.05) is 40.7 Å². The van der Waals surface area contributed by atoms with Crippen LogP contribution in [0.2, 0.25) is 11.2 Å². The zero-order valence-electron chi connectivity index (χ0n) is 10.2. The largest absolute Gasteiger partial charge is 0.427 e. The molecule has 8 heteroatoms. The fourth-order valence-corrected chi connectivity index (χ4v) is 9.74. The maximum atomic E-state index is 5.40. The highest BCUT2D eigenvalue weighted by Crippen LogP contribution is 2.21. The van der Waals surface area contributed by atoms with Crippen LogP contribution in [0.15, 0.2) is 0 Å². The van der Waals surface area contributed by atoms with Gasteiger partial charge in [0.1, 0.15) is 0 Å². The van der Waals surface area contributed by atoms with Gasteiger partial charge in [-0.2, -0.15) is 0 Å². The van der Waals surface area contributed by atoms with Crippen molar-refractivity contribution >= 4 is 28.3 Å². The van der Waals surface area contributed by atoms with Gasteiger partial charge in [0.05, 0.1) is 0 Å². The van der Waals surface area contributed by atoms with E-state index in [0.29, 0.717) is 5.16 Å². The van der Waals surface area contributed by atoms with Crippen LogP contribution in [-0.2, 0) is 22.1 Å². The molecule has 0 saturated heterocycles. The first-order valence-corrected chi connectivity index (χ1v) is 9.64. The second kappa shape index (κ2) is 9.66. The Morgan fingerprint density at radius 3 is 1.53 bits per heavy atom. The molecular weight excluding hydrogens is 248 g/mol. The lowest BCUT2D eigenvalue weighted by Gasteiger charge is -2.26. The minimum Gasteiger partial charge on any atom is -0.427 e. The van der Waals surface area contributed by atoms with E-state index in [-0.39, 0.29) is 0 Å². The summed E-state index contributed by atoms with van der Waals surface area (Å²) in [6, 6.07) is 1.01. The van der Waals surface area contributed by atoms with Gasteiger partial charge < -0.3 is 22.1 Å². The molecule has 0 aromatic heterocycles. The van der Waals surface area contributed by atoms with Gasteiger partial charge in [-0.25, -0.2) is 0 Å². The summed E-state index contributed by atoms with van der Waals surface area (Å²) in [7, 11) is 4.69. The standard InChI is InChI=1S/C7H22O5Si3/c1-8-13-6-7(14(9-2)10-3)15(11-4)12-5/h7,14-15H,6,13H2,1-5H3. The number of hydrogen-bond donors (Lipinski definition) is 0. The zero-order valence-corrected chi connectivity index (χ0v) is 13.9. The second-order valence-electron chi connectivity index (χ2n) is 3.12. The molecule has 0 unspecified atom stereocenters. The van der Waals surface area contributed by atoms with Crippen molar-refractivity contribution in [1.82, 2.24) is 0 Å². The summed E-state index contributed by atoms with van der Waals surface area (Å²) in [4.78, 5) is 0. The third kappa shape index (κ3) is 5.36. The number of rotatable bonds is 9. The molecule has 0 aliphatic rings. The molecule has 0 N–H and O–H groups in total. The van der Waals surface area contributed by atoms with Crippen LogP contribution in [0.25, 0.3) is 0 Å². The highest BCUT2D eigenvalue weighted by atomic mass is 28.4. The van der Waals surface area contributed by atoms with Crippen molar-refractivity contribution in [2.75, 3.05) is 35.5 Å². The fraction of sp³-hybridized carbons (Fsp3) is 1.00. The molecule has 0 aromatic carbocycles. The van der Waals surface area contributed by atoms with Crippen LogP contribution in [0, 0.1) is 0 Å². The lowest BCUT2D eigenvalue weighted by Crippen LogP contribution is -2.40. The lowest BCUT2D eigenvalue weighted by molar-refractivity contribution is 0.244. The van der Waals surface area contributed by atoms with E-state index in [2.05, 4.69) is 0 Å². The average molecular weight is 271 g/mol. The summed E-state index contributed by atoms with van der Waals surface area (Å²) in [5.74, 6) is 0. The van der Waals surface area contributed by atoms with E-state index in [4.69, 9.17) is 22.1 Å². The molecule has 5 nitrogen and oxygen atoms in total. The van der Waals surface area contributed by atoms with Gasteiger partial charge in [-0.3, -0.25) is 0 Å².